The van der Waals surface area contributed by atoms with Crippen molar-refractivity contribution in [3.8, 4) is 0 Å². The van der Waals surface area contributed by atoms with E-state index < -0.39 is 31.9 Å². The lowest BCUT2D eigenvalue weighted by molar-refractivity contribution is -0.121. The number of carbonyl (C=O) groups excluding carboxylic acids is 1. The molecule has 168 valence electrons. The predicted molar refractivity (Wildman–Crippen MR) is 113 cm³/mol. The Morgan fingerprint density at radius 3 is 1.97 bits per heavy atom. The molecule has 31 heavy (non-hydrogen) atoms. The quantitative estimate of drug-likeness (QED) is 0.643. The van der Waals surface area contributed by atoms with E-state index in [2.05, 4.69) is 5.32 Å². The van der Waals surface area contributed by atoms with E-state index in [0.717, 1.165) is 12.1 Å². The van der Waals surface area contributed by atoms with Gasteiger partial charge in [0.25, 0.3) is 0 Å². The highest BCUT2D eigenvalue weighted by Gasteiger charge is 2.31. The minimum absolute atomic E-state index is 0.0241. The number of halogens is 1. The Morgan fingerprint density at radius 1 is 0.935 bits per heavy atom. The zero-order valence-electron chi connectivity index (χ0n) is 16.7. The Kier molecular flexibility index (Phi) is 6.76. The van der Waals surface area contributed by atoms with Gasteiger partial charge >= 0.3 is 0 Å². The van der Waals surface area contributed by atoms with E-state index in [9.17, 15) is 26.0 Å². The monoisotopic (exact) mass is 470 g/mol. The van der Waals surface area contributed by atoms with Crippen LogP contribution >= 0.6 is 0 Å². The van der Waals surface area contributed by atoms with E-state index in [1.807, 2.05) is 4.90 Å². The minimum atomic E-state index is -3.81. The van der Waals surface area contributed by atoms with Crippen LogP contribution in [0.5, 0.6) is 0 Å². The van der Waals surface area contributed by atoms with Gasteiger partial charge in [-0.05, 0) is 55.5 Å². The standard InChI is InChI=1S/C19H23FN4O5S2/c1-14(19(25)22-16-4-8-17(9-5-16)30(21,26)27)23-10-12-24(13-11-23)31(28,29)18-6-2-15(20)3-7-18/h2-9,14H,10-13H2,1H3,(H,22,25)(H2,21,26,27). The van der Waals surface area contributed by atoms with Crippen LogP contribution in [0.2, 0.25) is 0 Å². The molecule has 1 heterocycles. The molecular weight excluding hydrogens is 447 g/mol. The van der Waals surface area contributed by atoms with Gasteiger partial charge in [0.15, 0.2) is 0 Å². The molecule has 0 bridgehead atoms. The summed E-state index contributed by atoms with van der Waals surface area (Å²) in [5, 5.41) is 7.76. The molecule has 0 spiro atoms. The summed E-state index contributed by atoms with van der Waals surface area (Å²) in [6.45, 7) is 2.79. The first kappa shape index (κ1) is 23.3. The summed E-state index contributed by atoms with van der Waals surface area (Å²) in [5.74, 6) is -0.818. The maximum absolute atomic E-state index is 13.1. The molecule has 12 heteroatoms. The van der Waals surface area contributed by atoms with Crippen molar-refractivity contribution in [3.63, 3.8) is 0 Å². The molecule has 1 aliphatic heterocycles. The van der Waals surface area contributed by atoms with Gasteiger partial charge in [-0.15, -0.1) is 0 Å². The predicted octanol–water partition coefficient (Wildman–Crippen LogP) is 0.807. The topological polar surface area (TPSA) is 130 Å². The zero-order chi connectivity index (χ0) is 22.8. The van der Waals surface area contributed by atoms with Crippen LogP contribution in [-0.4, -0.2) is 64.2 Å². The van der Waals surface area contributed by atoms with Crippen LogP contribution in [0.25, 0.3) is 0 Å². The van der Waals surface area contributed by atoms with Crippen LogP contribution in [0, 0.1) is 5.82 Å². The molecule has 1 unspecified atom stereocenters. The fourth-order valence-electron chi connectivity index (χ4n) is 3.23. The first-order chi connectivity index (χ1) is 14.5. The lowest BCUT2D eigenvalue weighted by Crippen LogP contribution is -2.53. The molecule has 1 amide bonds. The molecule has 1 fully saturated rings. The number of hydrogen-bond acceptors (Lipinski definition) is 6. The summed E-state index contributed by atoms with van der Waals surface area (Å²) >= 11 is 0. The maximum Gasteiger partial charge on any atom is 0.243 e. The molecule has 1 aliphatic rings. The first-order valence-corrected chi connectivity index (χ1v) is 12.4. The van der Waals surface area contributed by atoms with Gasteiger partial charge in [-0.1, -0.05) is 0 Å². The summed E-state index contributed by atoms with van der Waals surface area (Å²) in [7, 11) is -7.55. The van der Waals surface area contributed by atoms with Crippen molar-refractivity contribution in [1.82, 2.24) is 9.21 Å². The van der Waals surface area contributed by atoms with E-state index in [-0.39, 0.29) is 28.8 Å². The van der Waals surface area contributed by atoms with E-state index in [1.54, 1.807) is 6.92 Å². The molecule has 0 saturated carbocycles. The highest BCUT2D eigenvalue weighted by Crippen LogP contribution is 2.19. The number of carbonyl (C=O) groups is 1. The van der Waals surface area contributed by atoms with Crippen molar-refractivity contribution in [2.75, 3.05) is 31.5 Å². The second-order valence-corrected chi connectivity index (χ2v) is 10.6. The second kappa shape index (κ2) is 9.01. The summed E-state index contributed by atoms with van der Waals surface area (Å²) < 4.78 is 62.4. The summed E-state index contributed by atoms with van der Waals surface area (Å²) in [6, 6.07) is 9.62. The minimum Gasteiger partial charge on any atom is -0.325 e. The van der Waals surface area contributed by atoms with Gasteiger partial charge in [0, 0.05) is 31.9 Å². The second-order valence-electron chi connectivity index (χ2n) is 7.13. The molecule has 2 aromatic rings. The van der Waals surface area contributed by atoms with E-state index in [4.69, 9.17) is 5.14 Å². The lowest BCUT2D eigenvalue weighted by Gasteiger charge is -2.36. The third-order valence-electron chi connectivity index (χ3n) is 5.10. The molecule has 3 rings (SSSR count). The highest BCUT2D eigenvalue weighted by atomic mass is 32.2. The Morgan fingerprint density at radius 2 is 1.45 bits per heavy atom. The van der Waals surface area contributed by atoms with Crippen LogP contribution in [0.3, 0.4) is 0 Å². The normalized spacial score (nSPS) is 17.3. The Bertz CT molecular complexity index is 1140. The van der Waals surface area contributed by atoms with E-state index in [0.29, 0.717) is 18.8 Å². The van der Waals surface area contributed by atoms with Crippen molar-refractivity contribution in [1.29, 1.82) is 0 Å². The SMILES string of the molecule is CC(C(=O)Nc1ccc(S(N)(=O)=O)cc1)N1CCN(S(=O)(=O)c2ccc(F)cc2)CC1. The van der Waals surface area contributed by atoms with Gasteiger partial charge in [-0.3, -0.25) is 9.69 Å². The summed E-state index contributed by atoms with van der Waals surface area (Å²) in [4.78, 5) is 14.4. The number of amides is 1. The van der Waals surface area contributed by atoms with Gasteiger partial charge < -0.3 is 5.32 Å². The molecule has 1 atom stereocenters. The average molecular weight is 471 g/mol. The van der Waals surface area contributed by atoms with E-state index >= 15 is 0 Å². The largest absolute Gasteiger partial charge is 0.325 e. The number of hydrogen-bond donors (Lipinski definition) is 2. The first-order valence-electron chi connectivity index (χ1n) is 9.42. The molecule has 9 nitrogen and oxygen atoms in total. The zero-order valence-corrected chi connectivity index (χ0v) is 18.4. The number of primary sulfonamides is 1. The number of anilines is 1. The Hall–Kier alpha value is -2.38. The van der Waals surface area contributed by atoms with Crippen LogP contribution in [0.1, 0.15) is 6.92 Å². The molecular formula is C19H23FN4O5S2. The number of nitrogens with zero attached hydrogens (tertiary/aromatic N) is 2. The third kappa shape index (κ3) is 5.46. The van der Waals surface area contributed by atoms with Crippen LogP contribution in [0.4, 0.5) is 10.1 Å². The lowest BCUT2D eigenvalue weighted by atomic mass is 10.2. The number of sulfonamides is 2. The highest BCUT2D eigenvalue weighted by molar-refractivity contribution is 7.89. The van der Waals surface area contributed by atoms with Gasteiger partial charge in [0.2, 0.25) is 26.0 Å². The van der Waals surface area contributed by atoms with Crippen molar-refractivity contribution >= 4 is 31.6 Å². The van der Waals surface area contributed by atoms with Crippen LogP contribution in [0.15, 0.2) is 58.3 Å². The molecule has 0 aliphatic carbocycles. The van der Waals surface area contributed by atoms with Crippen LogP contribution < -0.4 is 10.5 Å². The summed E-state index contributed by atoms with van der Waals surface area (Å²) in [6.07, 6.45) is 0. The van der Waals surface area contributed by atoms with Crippen molar-refractivity contribution in [2.24, 2.45) is 5.14 Å². The van der Waals surface area contributed by atoms with Crippen molar-refractivity contribution < 1.29 is 26.0 Å². The van der Waals surface area contributed by atoms with Gasteiger partial charge in [0.1, 0.15) is 5.82 Å². The number of piperazine rings is 1. The molecule has 0 aromatic heterocycles. The number of nitrogens with two attached hydrogens (primary N) is 1. The Labute approximate surface area is 180 Å². The fraction of sp³-hybridized carbons (Fsp3) is 0.316. The molecule has 2 aromatic carbocycles. The Balaban J connectivity index is 1.58. The average Bonchev–Trinajstić information content (AvgIpc) is 2.73. The number of benzene rings is 2. The molecule has 3 N–H and O–H groups in total. The van der Waals surface area contributed by atoms with Gasteiger partial charge in [0.05, 0.1) is 15.8 Å². The van der Waals surface area contributed by atoms with Crippen LogP contribution in [-0.2, 0) is 24.8 Å². The van der Waals surface area contributed by atoms with Crippen molar-refractivity contribution in [2.45, 2.75) is 22.8 Å². The van der Waals surface area contributed by atoms with Gasteiger partial charge in [-0.25, -0.2) is 26.4 Å². The number of nitrogens with one attached hydrogen (secondary N) is 1. The number of rotatable bonds is 6. The molecule has 0 radical (unpaired) electrons. The smallest absolute Gasteiger partial charge is 0.243 e. The molecule has 1 saturated heterocycles. The van der Waals surface area contributed by atoms with Crippen molar-refractivity contribution in [3.05, 3.63) is 54.3 Å². The fourth-order valence-corrected chi connectivity index (χ4v) is 5.16. The van der Waals surface area contributed by atoms with E-state index in [1.165, 1.54) is 40.7 Å². The maximum atomic E-state index is 13.1. The summed E-state index contributed by atoms with van der Waals surface area (Å²) in [5.41, 5.74) is 0.418. The van der Waals surface area contributed by atoms with Gasteiger partial charge in [-0.2, -0.15) is 4.31 Å². The third-order valence-corrected chi connectivity index (χ3v) is 7.94.